The molecule has 1 rings (SSSR count). The van der Waals surface area contributed by atoms with Gasteiger partial charge in [-0.05, 0) is 30.9 Å². The number of anilines is 1. The highest BCUT2D eigenvalue weighted by Crippen LogP contribution is 2.24. The van der Waals surface area contributed by atoms with E-state index in [0.717, 1.165) is 30.0 Å². The van der Waals surface area contributed by atoms with E-state index >= 15 is 0 Å². The minimum Gasteiger partial charge on any atom is -0.491 e. The van der Waals surface area contributed by atoms with Gasteiger partial charge in [0.25, 0.3) is 0 Å². The number of nitrogens with two attached hydrogens (primary N) is 1. The summed E-state index contributed by atoms with van der Waals surface area (Å²) in [6, 6.07) is 5.88. The first-order chi connectivity index (χ1) is 6.61. The topological polar surface area (TPSA) is 35.2 Å². The van der Waals surface area contributed by atoms with E-state index in [2.05, 4.69) is 13.8 Å². The van der Waals surface area contributed by atoms with Gasteiger partial charge in [0.05, 0.1) is 12.3 Å². The predicted molar refractivity (Wildman–Crippen MR) is 60.5 cm³/mol. The van der Waals surface area contributed by atoms with Crippen LogP contribution in [0.3, 0.4) is 0 Å². The van der Waals surface area contributed by atoms with Crippen molar-refractivity contribution < 1.29 is 4.74 Å². The first-order valence-electron chi connectivity index (χ1n) is 5.09. The van der Waals surface area contributed by atoms with Gasteiger partial charge in [0.1, 0.15) is 5.75 Å². The third-order valence-electron chi connectivity index (χ3n) is 2.24. The van der Waals surface area contributed by atoms with Crippen molar-refractivity contribution >= 4 is 5.69 Å². The lowest BCUT2D eigenvalue weighted by atomic mass is 10.1. The van der Waals surface area contributed by atoms with E-state index in [-0.39, 0.29) is 0 Å². The number of hydrogen-bond acceptors (Lipinski definition) is 2. The zero-order chi connectivity index (χ0) is 10.6. The summed E-state index contributed by atoms with van der Waals surface area (Å²) in [4.78, 5) is 0. The van der Waals surface area contributed by atoms with Gasteiger partial charge in [-0.2, -0.15) is 0 Å². The summed E-state index contributed by atoms with van der Waals surface area (Å²) in [5.74, 6) is 1.48. The molecule has 78 valence electrons. The second kappa shape index (κ2) is 4.89. The molecule has 0 bridgehead atoms. The van der Waals surface area contributed by atoms with Crippen molar-refractivity contribution in [3.8, 4) is 5.75 Å². The van der Waals surface area contributed by atoms with Gasteiger partial charge in [-0.1, -0.05) is 26.0 Å². The first kappa shape index (κ1) is 10.9. The maximum Gasteiger partial charge on any atom is 0.142 e. The second-order valence-corrected chi connectivity index (χ2v) is 4.02. The van der Waals surface area contributed by atoms with E-state index in [4.69, 9.17) is 10.5 Å². The van der Waals surface area contributed by atoms with E-state index in [1.54, 1.807) is 0 Å². The zero-order valence-corrected chi connectivity index (χ0v) is 9.21. The van der Waals surface area contributed by atoms with Crippen LogP contribution in [0.15, 0.2) is 18.2 Å². The molecule has 2 heteroatoms. The van der Waals surface area contributed by atoms with Crippen LogP contribution in [0.4, 0.5) is 5.69 Å². The summed E-state index contributed by atoms with van der Waals surface area (Å²) in [6.45, 7) is 7.10. The average molecular weight is 193 g/mol. The Labute approximate surface area is 86.1 Å². The van der Waals surface area contributed by atoms with E-state index in [1.165, 1.54) is 0 Å². The number of benzene rings is 1. The van der Waals surface area contributed by atoms with E-state index in [1.807, 2.05) is 25.1 Å². The molecular weight excluding hydrogens is 174 g/mol. The van der Waals surface area contributed by atoms with Crippen LogP contribution in [-0.2, 0) is 0 Å². The van der Waals surface area contributed by atoms with Crippen molar-refractivity contribution in [2.24, 2.45) is 5.92 Å². The van der Waals surface area contributed by atoms with E-state index < -0.39 is 0 Å². The lowest BCUT2D eigenvalue weighted by Crippen LogP contribution is -2.03. The summed E-state index contributed by atoms with van der Waals surface area (Å²) in [5.41, 5.74) is 7.71. The predicted octanol–water partition coefficient (Wildman–Crippen LogP) is 3.00. The van der Waals surface area contributed by atoms with Crippen molar-refractivity contribution in [3.05, 3.63) is 23.8 Å². The molecule has 0 aliphatic rings. The Morgan fingerprint density at radius 1 is 1.36 bits per heavy atom. The second-order valence-electron chi connectivity index (χ2n) is 4.02. The fourth-order valence-corrected chi connectivity index (χ4v) is 1.18. The maximum absolute atomic E-state index is 5.87. The molecule has 0 unspecified atom stereocenters. The molecule has 0 fully saturated rings. The molecule has 0 atom stereocenters. The highest BCUT2D eigenvalue weighted by Gasteiger charge is 2.02. The van der Waals surface area contributed by atoms with Crippen LogP contribution in [0.5, 0.6) is 5.75 Å². The van der Waals surface area contributed by atoms with Crippen LogP contribution >= 0.6 is 0 Å². The number of nitrogen functional groups attached to an aromatic ring is 1. The van der Waals surface area contributed by atoms with Gasteiger partial charge in [-0.15, -0.1) is 0 Å². The molecule has 2 N–H and O–H groups in total. The first-order valence-corrected chi connectivity index (χ1v) is 5.09. The van der Waals surface area contributed by atoms with Crippen molar-refractivity contribution in [1.29, 1.82) is 0 Å². The summed E-state index contributed by atoms with van der Waals surface area (Å²) in [7, 11) is 0. The van der Waals surface area contributed by atoms with Crippen molar-refractivity contribution in [1.82, 2.24) is 0 Å². The van der Waals surface area contributed by atoms with Gasteiger partial charge in [0.15, 0.2) is 0 Å². The van der Waals surface area contributed by atoms with Gasteiger partial charge < -0.3 is 10.5 Å². The van der Waals surface area contributed by atoms with Crippen LogP contribution in [-0.4, -0.2) is 6.61 Å². The highest BCUT2D eigenvalue weighted by molar-refractivity contribution is 5.57. The minimum absolute atomic E-state index is 0.668. The number of aryl methyl sites for hydroxylation is 1. The van der Waals surface area contributed by atoms with Gasteiger partial charge in [0, 0.05) is 0 Å². The van der Waals surface area contributed by atoms with Crippen LogP contribution in [0.2, 0.25) is 0 Å². The molecule has 0 spiro atoms. The molecule has 0 saturated heterocycles. The smallest absolute Gasteiger partial charge is 0.142 e. The fraction of sp³-hybridized carbons (Fsp3) is 0.500. The minimum atomic E-state index is 0.668. The zero-order valence-electron chi connectivity index (χ0n) is 9.21. The number of para-hydroxylation sites is 1. The molecule has 0 radical (unpaired) electrons. The van der Waals surface area contributed by atoms with Crippen molar-refractivity contribution in [2.75, 3.05) is 12.3 Å². The molecule has 0 heterocycles. The molecule has 2 nitrogen and oxygen atoms in total. The fourth-order valence-electron chi connectivity index (χ4n) is 1.18. The van der Waals surface area contributed by atoms with Gasteiger partial charge in [0.2, 0.25) is 0 Å². The number of rotatable bonds is 4. The van der Waals surface area contributed by atoms with Crippen molar-refractivity contribution in [3.63, 3.8) is 0 Å². The summed E-state index contributed by atoms with van der Waals surface area (Å²) >= 11 is 0. The molecule has 0 saturated carbocycles. The van der Waals surface area contributed by atoms with Gasteiger partial charge in [-0.3, -0.25) is 0 Å². The third kappa shape index (κ3) is 2.95. The molecule has 0 aliphatic carbocycles. The molecular formula is C12H19NO. The molecule has 0 amide bonds. The molecule has 0 aliphatic heterocycles. The largest absolute Gasteiger partial charge is 0.491 e. The average Bonchev–Trinajstić information content (AvgIpc) is 2.12. The van der Waals surface area contributed by atoms with Crippen LogP contribution in [0, 0.1) is 12.8 Å². The number of hydrogen-bond donors (Lipinski definition) is 1. The van der Waals surface area contributed by atoms with Crippen LogP contribution < -0.4 is 10.5 Å². The monoisotopic (exact) mass is 193 g/mol. The summed E-state index contributed by atoms with van der Waals surface area (Å²) in [6.07, 6.45) is 1.06. The standard InChI is InChI=1S/C12H19NO/c1-9(2)7-8-14-11-6-4-5-10(3)12(11)13/h4-6,9H,7-8,13H2,1-3H3. The van der Waals surface area contributed by atoms with Gasteiger partial charge >= 0.3 is 0 Å². The Morgan fingerprint density at radius 2 is 2.07 bits per heavy atom. The van der Waals surface area contributed by atoms with E-state index in [9.17, 15) is 0 Å². The Morgan fingerprint density at radius 3 is 2.71 bits per heavy atom. The Kier molecular flexibility index (Phi) is 3.81. The third-order valence-corrected chi connectivity index (χ3v) is 2.24. The van der Waals surface area contributed by atoms with Crippen LogP contribution in [0.1, 0.15) is 25.8 Å². The molecule has 1 aromatic carbocycles. The molecule has 1 aromatic rings. The Balaban J connectivity index is 2.54. The lowest BCUT2D eigenvalue weighted by molar-refractivity contribution is 0.291. The maximum atomic E-state index is 5.87. The lowest BCUT2D eigenvalue weighted by Gasteiger charge is -2.11. The summed E-state index contributed by atoms with van der Waals surface area (Å²) in [5, 5.41) is 0. The SMILES string of the molecule is Cc1cccc(OCCC(C)C)c1N. The summed E-state index contributed by atoms with van der Waals surface area (Å²) < 4.78 is 5.60. The normalized spacial score (nSPS) is 10.6. The Hall–Kier alpha value is -1.18. The number of ether oxygens (including phenoxy) is 1. The Bertz CT molecular complexity index is 294. The molecule has 0 aromatic heterocycles. The van der Waals surface area contributed by atoms with E-state index in [0.29, 0.717) is 5.92 Å². The quantitative estimate of drug-likeness (QED) is 0.746. The van der Waals surface area contributed by atoms with Gasteiger partial charge in [-0.25, -0.2) is 0 Å². The van der Waals surface area contributed by atoms with Crippen molar-refractivity contribution in [2.45, 2.75) is 27.2 Å². The highest BCUT2D eigenvalue weighted by atomic mass is 16.5. The molecule has 14 heavy (non-hydrogen) atoms. The van der Waals surface area contributed by atoms with Crippen LogP contribution in [0.25, 0.3) is 0 Å².